The Morgan fingerprint density at radius 2 is 1.39 bits per heavy atom. The maximum atomic E-state index is 12.8. The number of carbonyl (C=O) groups is 2. The molecule has 0 aromatic carbocycles. The van der Waals surface area contributed by atoms with E-state index in [1.807, 2.05) is 6.08 Å². The molecule has 1 aliphatic rings. The molecule has 0 amide bonds. The van der Waals surface area contributed by atoms with E-state index in [4.69, 9.17) is 24.3 Å². The zero-order valence-corrected chi connectivity index (χ0v) is 35.6. The first-order valence-corrected chi connectivity index (χ1v) is 23.2. The van der Waals surface area contributed by atoms with Crippen LogP contribution >= 0.6 is 7.82 Å². The quantitative estimate of drug-likeness (QED) is 0.0132. The Labute approximate surface area is 338 Å². The summed E-state index contributed by atoms with van der Waals surface area (Å²) in [6.07, 6.45) is 28.9. The van der Waals surface area contributed by atoms with Crippen molar-refractivity contribution >= 4 is 19.6 Å². The molecule has 56 heavy (non-hydrogen) atoms. The molecule has 0 heterocycles. The Bertz CT molecular complexity index is 1130. The number of unbranched alkanes of at least 4 members (excludes halogenated alkanes) is 14. The predicted molar refractivity (Wildman–Crippen MR) is 222 cm³/mol. The third kappa shape index (κ3) is 27.7. The summed E-state index contributed by atoms with van der Waals surface area (Å²) in [6, 6.07) is 0. The van der Waals surface area contributed by atoms with Crippen LogP contribution < -0.4 is 5.73 Å². The van der Waals surface area contributed by atoms with E-state index in [0.29, 0.717) is 19.3 Å². The molecule has 0 radical (unpaired) electrons. The second-order valence-corrected chi connectivity index (χ2v) is 16.7. The predicted octanol–water partition coefficient (Wildman–Crippen LogP) is 8.54. The Hall–Kier alpha value is -1.89. The summed E-state index contributed by atoms with van der Waals surface area (Å²) in [4.78, 5) is 35.2. The van der Waals surface area contributed by atoms with Gasteiger partial charge in [0, 0.05) is 44.1 Å². The van der Waals surface area contributed by atoms with E-state index in [1.165, 1.54) is 57.6 Å². The molecule has 1 saturated carbocycles. The van der Waals surface area contributed by atoms with E-state index < -0.39 is 50.0 Å². The number of carbonyl (C=O) groups excluding carboxylic acids is 2. The third-order valence-electron chi connectivity index (χ3n) is 10.1. The summed E-state index contributed by atoms with van der Waals surface area (Å²) < 4.78 is 33.1. The van der Waals surface area contributed by atoms with Crippen LogP contribution in [0.15, 0.2) is 36.6 Å². The summed E-state index contributed by atoms with van der Waals surface area (Å²) in [7, 11) is -4.36. The van der Waals surface area contributed by atoms with E-state index >= 15 is 0 Å². The van der Waals surface area contributed by atoms with Gasteiger partial charge in [0.1, 0.15) is 12.4 Å². The SMILES string of the molecule is CCCCCCCC/C=C\CCCCCC/C=C/O[C@H](COC(=O)CCCCC(=O)C[C@@H]1[C@@H](/C=C/[C@@H](O)CCCCC)[C@H](O)C[C@@H]1O)COP(=O)(O)OCCN. The number of esters is 1. The standard InChI is InChI=1S/C43H78NO11P/c1-3-5-7-8-9-10-11-12-13-14-15-16-17-18-19-23-30-52-38(35-55-56(50,51)54-31-29-44)34-53-43(49)26-22-21-25-37(46)32-40-39(41(47)33-42(40)48)28-27-36(45)24-20-6-4-2/h12-13,23,27-28,30,36,38-42,45,47-48H,3-11,14-22,24-26,29,31-35,44H2,1-2H3,(H,50,51)/b13-12-,28-27+,30-23+/t36-,38+,39+,40+,41+,42-/m0/s1. The summed E-state index contributed by atoms with van der Waals surface area (Å²) >= 11 is 0. The number of Topliss-reactive ketones (excluding diaryl/α,β-unsaturated/α-hetero) is 1. The lowest BCUT2D eigenvalue weighted by atomic mass is 9.87. The number of hydrogen-bond acceptors (Lipinski definition) is 11. The molecule has 0 aliphatic heterocycles. The number of hydrogen-bond donors (Lipinski definition) is 5. The van der Waals surface area contributed by atoms with Gasteiger partial charge in [-0.3, -0.25) is 18.6 Å². The van der Waals surface area contributed by atoms with Crippen LogP contribution in [-0.2, 0) is 32.7 Å². The average molecular weight is 816 g/mol. The van der Waals surface area contributed by atoms with Crippen molar-refractivity contribution in [2.24, 2.45) is 17.6 Å². The average Bonchev–Trinajstić information content (AvgIpc) is 3.43. The van der Waals surface area contributed by atoms with Gasteiger partial charge in [0.2, 0.25) is 0 Å². The monoisotopic (exact) mass is 816 g/mol. The van der Waals surface area contributed by atoms with E-state index in [1.54, 1.807) is 12.2 Å². The van der Waals surface area contributed by atoms with Crippen molar-refractivity contribution in [2.75, 3.05) is 26.4 Å². The molecule has 1 rings (SSSR count). The number of ether oxygens (including phenoxy) is 2. The molecule has 12 nitrogen and oxygen atoms in total. The van der Waals surface area contributed by atoms with Gasteiger partial charge in [0.15, 0.2) is 6.10 Å². The fourth-order valence-electron chi connectivity index (χ4n) is 6.74. The molecule has 1 unspecified atom stereocenters. The number of ketones is 1. The summed E-state index contributed by atoms with van der Waals surface area (Å²) in [5, 5.41) is 31.3. The molecule has 6 N–H and O–H groups in total. The van der Waals surface area contributed by atoms with Crippen LogP contribution in [0.3, 0.4) is 0 Å². The van der Waals surface area contributed by atoms with Crippen molar-refractivity contribution in [3.63, 3.8) is 0 Å². The zero-order valence-electron chi connectivity index (χ0n) is 34.7. The van der Waals surface area contributed by atoms with Crippen molar-refractivity contribution in [1.82, 2.24) is 0 Å². The molecule has 1 aliphatic carbocycles. The minimum atomic E-state index is -4.36. The Kier molecular flexibility index (Phi) is 31.7. The number of aliphatic hydroxyl groups is 3. The minimum absolute atomic E-state index is 0.0452. The molecular formula is C43H78NO11P. The Morgan fingerprint density at radius 3 is 2.05 bits per heavy atom. The van der Waals surface area contributed by atoms with Crippen molar-refractivity contribution in [1.29, 1.82) is 0 Å². The maximum Gasteiger partial charge on any atom is 0.472 e. The number of allylic oxidation sites excluding steroid dienone is 3. The largest absolute Gasteiger partial charge is 0.492 e. The van der Waals surface area contributed by atoms with Gasteiger partial charge in [-0.2, -0.15) is 0 Å². The van der Waals surface area contributed by atoms with Crippen molar-refractivity contribution < 1.29 is 52.9 Å². The van der Waals surface area contributed by atoms with Gasteiger partial charge in [-0.1, -0.05) is 102 Å². The minimum Gasteiger partial charge on any atom is -0.492 e. The van der Waals surface area contributed by atoms with Gasteiger partial charge in [-0.25, -0.2) is 4.57 Å². The maximum absolute atomic E-state index is 12.8. The third-order valence-corrected chi connectivity index (χ3v) is 11.1. The van der Waals surface area contributed by atoms with Crippen molar-refractivity contribution in [3.8, 4) is 0 Å². The van der Waals surface area contributed by atoms with Crippen molar-refractivity contribution in [2.45, 2.75) is 186 Å². The normalized spacial score (nSPS) is 20.9. The van der Waals surface area contributed by atoms with Crippen LogP contribution in [0, 0.1) is 11.8 Å². The van der Waals surface area contributed by atoms with Crippen LogP contribution in [0.4, 0.5) is 0 Å². The zero-order chi connectivity index (χ0) is 41.3. The number of rotatable bonds is 37. The van der Waals surface area contributed by atoms with Crippen molar-refractivity contribution in [3.05, 3.63) is 36.6 Å². The Morgan fingerprint density at radius 1 is 0.786 bits per heavy atom. The van der Waals surface area contributed by atoms with Gasteiger partial charge in [-0.15, -0.1) is 0 Å². The van der Waals surface area contributed by atoms with Crippen LogP contribution in [0.25, 0.3) is 0 Å². The van der Waals surface area contributed by atoms with E-state index in [2.05, 4.69) is 26.0 Å². The summed E-state index contributed by atoms with van der Waals surface area (Å²) in [6.45, 7) is 3.66. The summed E-state index contributed by atoms with van der Waals surface area (Å²) in [5.41, 5.74) is 5.35. The topological polar surface area (TPSA) is 195 Å². The molecule has 0 saturated heterocycles. The van der Waals surface area contributed by atoms with Gasteiger partial charge < -0.3 is 35.4 Å². The molecule has 13 heteroatoms. The molecule has 7 atom stereocenters. The lowest BCUT2D eigenvalue weighted by molar-refractivity contribution is -0.147. The smallest absolute Gasteiger partial charge is 0.472 e. The van der Waals surface area contributed by atoms with Gasteiger partial charge in [0.25, 0.3) is 0 Å². The molecule has 1 fully saturated rings. The number of aliphatic hydroxyl groups excluding tert-OH is 3. The lowest BCUT2D eigenvalue weighted by Crippen LogP contribution is -2.25. The fourth-order valence-corrected chi connectivity index (χ4v) is 7.50. The van der Waals surface area contributed by atoms with Crippen LogP contribution in [0.2, 0.25) is 0 Å². The highest BCUT2D eigenvalue weighted by Gasteiger charge is 2.41. The Balaban J connectivity index is 2.41. The molecule has 0 spiro atoms. The first-order chi connectivity index (χ1) is 27.0. The van der Waals surface area contributed by atoms with Crippen LogP contribution in [0.5, 0.6) is 0 Å². The molecular weight excluding hydrogens is 737 g/mol. The van der Waals surface area contributed by atoms with Gasteiger partial charge in [-0.05, 0) is 63.9 Å². The number of phosphoric ester groups is 1. The van der Waals surface area contributed by atoms with E-state index in [-0.39, 0.29) is 57.8 Å². The number of nitrogens with two attached hydrogens (primary N) is 1. The summed E-state index contributed by atoms with van der Waals surface area (Å²) in [5.74, 6) is -1.41. The second kappa shape index (κ2) is 34.0. The number of phosphoric acid groups is 1. The van der Waals surface area contributed by atoms with Crippen LogP contribution in [-0.4, -0.2) is 82.7 Å². The molecule has 0 bridgehead atoms. The van der Waals surface area contributed by atoms with E-state index in [0.717, 1.165) is 51.4 Å². The van der Waals surface area contributed by atoms with Gasteiger partial charge in [0.05, 0.1) is 37.8 Å². The second-order valence-electron chi connectivity index (χ2n) is 15.2. The first kappa shape index (κ1) is 52.1. The molecule has 326 valence electrons. The highest BCUT2D eigenvalue weighted by Crippen LogP contribution is 2.43. The van der Waals surface area contributed by atoms with E-state index in [9.17, 15) is 34.4 Å². The van der Waals surface area contributed by atoms with Crippen LogP contribution in [0.1, 0.15) is 162 Å². The lowest BCUT2D eigenvalue weighted by Gasteiger charge is -2.20. The highest BCUT2D eigenvalue weighted by atomic mass is 31.2. The van der Waals surface area contributed by atoms with Gasteiger partial charge >= 0.3 is 13.8 Å². The first-order valence-electron chi connectivity index (χ1n) is 21.7. The molecule has 0 aromatic rings. The molecule has 0 aromatic heterocycles. The fraction of sp³-hybridized carbons (Fsp3) is 0.814. The highest BCUT2D eigenvalue weighted by molar-refractivity contribution is 7.47.